The second kappa shape index (κ2) is 16.0. The summed E-state index contributed by atoms with van der Waals surface area (Å²) in [6.45, 7) is 7.92. The summed E-state index contributed by atoms with van der Waals surface area (Å²) in [5.74, 6) is 3.52. The molecule has 0 atom stereocenters. The number of nitrogens with zero attached hydrogens (tertiary/aromatic N) is 7. The van der Waals surface area contributed by atoms with Crippen LogP contribution in [0.5, 0.6) is 0 Å². The van der Waals surface area contributed by atoms with E-state index in [1.54, 1.807) is 11.8 Å². The van der Waals surface area contributed by atoms with E-state index in [1.165, 1.54) is 0 Å². The van der Waals surface area contributed by atoms with Gasteiger partial charge in [0.1, 0.15) is 0 Å². The molecule has 0 aliphatic carbocycles. The van der Waals surface area contributed by atoms with Crippen molar-refractivity contribution >= 4 is 17.4 Å². The standard InChI is InChI=1S/C49H31N7S/c1-50-41-30-39(29-40(31-41)49-55-46(36-19-10-4-11-20-36)52-47(56-49)37-21-12-5-13-22-37)33-25-27-42(28-26-33)57-43-24-14-23-38(32-43)48-53-44(34-15-6-2-7-16-34)51-45(54-48)35-17-8-3-9-18-35/h2-32H. The summed E-state index contributed by atoms with van der Waals surface area (Å²) < 4.78 is 0. The third-order valence-corrected chi connectivity index (χ3v) is 10.2. The van der Waals surface area contributed by atoms with Crippen LogP contribution < -0.4 is 0 Å². The average Bonchev–Trinajstić information content (AvgIpc) is 3.30. The predicted octanol–water partition coefficient (Wildman–Crippen LogP) is 12.4. The second-order valence-corrected chi connectivity index (χ2v) is 14.3. The molecule has 0 unspecified atom stereocenters. The van der Waals surface area contributed by atoms with Crippen LogP contribution in [0.1, 0.15) is 0 Å². The molecule has 8 heteroatoms. The fraction of sp³-hybridized carbons (Fsp3) is 0. The smallest absolute Gasteiger partial charge is 0.188 e. The van der Waals surface area contributed by atoms with Crippen LogP contribution in [-0.4, -0.2) is 29.9 Å². The summed E-state index contributed by atoms with van der Waals surface area (Å²) in [6, 6.07) is 62.2. The molecule has 0 radical (unpaired) electrons. The SMILES string of the molecule is [C-]#[N+]c1cc(-c2ccc(Sc3cccc(-c4nc(-c5ccccc5)nc(-c5ccccc5)n4)c3)cc2)cc(-c2nc(-c3ccccc3)nc(-c3ccccc3)n2)c1. The molecule has 57 heavy (non-hydrogen) atoms. The van der Waals surface area contributed by atoms with Crippen LogP contribution >= 0.6 is 11.8 Å². The van der Waals surface area contributed by atoms with Gasteiger partial charge in [-0.3, -0.25) is 0 Å². The first-order valence-corrected chi connectivity index (χ1v) is 19.1. The van der Waals surface area contributed by atoms with Crippen LogP contribution in [0.2, 0.25) is 0 Å². The van der Waals surface area contributed by atoms with Gasteiger partial charge in [0.05, 0.1) is 6.57 Å². The van der Waals surface area contributed by atoms with Gasteiger partial charge in [0.15, 0.2) is 40.6 Å². The zero-order valence-corrected chi connectivity index (χ0v) is 31.3. The lowest BCUT2D eigenvalue weighted by Gasteiger charge is -2.11. The Labute approximate surface area is 334 Å². The second-order valence-electron chi connectivity index (χ2n) is 13.1. The van der Waals surface area contributed by atoms with Crippen molar-refractivity contribution in [3.05, 3.63) is 199 Å². The third kappa shape index (κ3) is 7.96. The number of hydrogen-bond acceptors (Lipinski definition) is 7. The molecule has 7 nitrogen and oxygen atoms in total. The first kappa shape index (κ1) is 35.1. The van der Waals surface area contributed by atoms with Crippen molar-refractivity contribution in [3.8, 4) is 79.5 Å². The molecule has 0 aliphatic rings. The Balaban J connectivity index is 1.02. The average molecular weight is 750 g/mol. The zero-order chi connectivity index (χ0) is 38.4. The van der Waals surface area contributed by atoms with Crippen molar-refractivity contribution in [1.29, 1.82) is 0 Å². The highest BCUT2D eigenvalue weighted by Gasteiger charge is 2.16. The molecule has 7 aromatic carbocycles. The number of hydrogen-bond donors (Lipinski definition) is 0. The zero-order valence-electron chi connectivity index (χ0n) is 30.4. The molecule has 0 fully saturated rings. The molecule has 0 saturated carbocycles. The fourth-order valence-corrected chi connectivity index (χ4v) is 7.27. The lowest BCUT2D eigenvalue weighted by Crippen LogP contribution is -2.00. The van der Waals surface area contributed by atoms with Gasteiger partial charge in [0.25, 0.3) is 0 Å². The first-order valence-electron chi connectivity index (χ1n) is 18.3. The van der Waals surface area contributed by atoms with E-state index in [0.717, 1.165) is 54.3 Å². The van der Waals surface area contributed by atoms with Gasteiger partial charge in [-0.15, -0.1) is 0 Å². The normalized spacial score (nSPS) is 10.9. The van der Waals surface area contributed by atoms with Gasteiger partial charge in [-0.25, -0.2) is 34.7 Å². The summed E-state index contributed by atoms with van der Waals surface area (Å²) in [4.78, 5) is 35.2. The minimum absolute atomic E-state index is 0.505. The topological polar surface area (TPSA) is 81.7 Å². The Bertz CT molecular complexity index is 2750. The predicted molar refractivity (Wildman–Crippen MR) is 228 cm³/mol. The number of benzene rings is 7. The van der Waals surface area contributed by atoms with Crippen molar-refractivity contribution in [2.75, 3.05) is 0 Å². The molecule has 0 N–H and O–H groups in total. The summed E-state index contributed by atoms with van der Waals surface area (Å²) in [6.07, 6.45) is 0. The first-order chi connectivity index (χ1) is 28.1. The molecule has 0 saturated heterocycles. The Morgan fingerprint density at radius 1 is 0.298 bits per heavy atom. The molecule has 0 spiro atoms. The Morgan fingerprint density at radius 2 is 0.684 bits per heavy atom. The van der Waals surface area contributed by atoms with Crippen molar-refractivity contribution in [3.63, 3.8) is 0 Å². The summed E-state index contributed by atoms with van der Waals surface area (Å²) in [5.41, 5.74) is 7.67. The van der Waals surface area contributed by atoms with Crippen LogP contribution in [0.4, 0.5) is 5.69 Å². The van der Waals surface area contributed by atoms with Gasteiger partial charge in [0.2, 0.25) is 0 Å². The van der Waals surface area contributed by atoms with E-state index in [-0.39, 0.29) is 0 Å². The Hall–Kier alpha value is -7.60. The van der Waals surface area contributed by atoms with E-state index in [1.807, 2.05) is 152 Å². The summed E-state index contributed by atoms with van der Waals surface area (Å²) >= 11 is 1.66. The number of aromatic nitrogens is 6. The third-order valence-electron chi connectivity index (χ3n) is 9.22. The molecule has 0 amide bonds. The lowest BCUT2D eigenvalue weighted by molar-refractivity contribution is 1.07. The molecule has 9 aromatic rings. The monoisotopic (exact) mass is 749 g/mol. The van der Waals surface area contributed by atoms with Crippen LogP contribution in [0.15, 0.2) is 198 Å². The molecule has 268 valence electrons. The maximum Gasteiger partial charge on any atom is 0.188 e. The minimum atomic E-state index is 0.505. The fourth-order valence-electron chi connectivity index (χ4n) is 6.40. The minimum Gasteiger partial charge on any atom is -0.238 e. The highest BCUT2D eigenvalue weighted by molar-refractivity contribution is 7.99. The van der Waals surface area contributed by atoms with Crippen molar-refractivity contribution in [2.45, 2.75) is 9.79 Å². The van der Waals surface area contributed by atoms with E-state index in [0.29, 0.717) is 40.6 Å². The van der Waals surface area contributed by atoms with Gasteiger partial charge in [-0.1, -0.05) is 157 Å². The van der Waals surface area contributed by atoms with Crippen LogP contribution in [-0.2, 0) is 0 Å². The largest absolute Gasteiger partial charge is 0.238 e. The van der Waals surface area contributed by atoms with E-state index in [2.05, 4.69) is 41.2 Å². The van der Waals surface area contributed by atoms with E-state index in [4.69, 9.17) is 36.5 Å². The van der Waals surface area contributed by atoms with Gasteiger partial charge in [-0.05, 0) is 53.6 Å². The van der Waals surface area contributed by atoms with E-state index in [9.17, 15) is 0 Å². The molecule has 2 heterocycles. The molecule has 2 aromatic heterocycles. The van der Waals surface area contributed by atoms with Crippen LogP contribution in [0.3, 0.4) is 0 Å². The van der Waals surface area contributed by atoms with Gasteiger partial charge < -0.3 is 0 Å². The van der Waals surface area contributed by atoms with Crippen LogP contribution in [0, 0.1) is 6.57 Å². The Kier molecular flexibility index (Phi) is 9.87. The van der Waals surface area contributed by atoms with Gasteiger partial charge in [-0.2, -0.15) is 0 Å². The molecule has 0 bridgehead atoms. The maximum atomic E-state index is 7.92. The molecule has 9 rings (SSSR count). The van der Waals surface area contributed by atoms with Gasteiger partial charge in [0, 0.05) is 43.2 Å². The molecular formula is C49H31N7S. The van der Waals surface area contributed by atoms with Crippen molar-refractivity contribution < 1.29 is 0 Å². The molecule has 0 aliphatic heterocycles. The van der Waals surface area contributed by atoms with E-state index < -0.39 is 0 Å². The van der Waals surface area contributed by atoms with Crippen molar-refractivity contribution in [1.82, 2.24) is 29.9 Å². The van der Waals surface area contributed by atoms with E-state index >= 15 is 0 Å². The highest BCUT2D eigenvalue weighted by Crippen LogP contribution is 2.36. The van der Waals surface area contributed by atoms with Crippen molar-refractivity contribution in [2.24, 2.45) is 0 Å². The highest BCUT2D eigenvalue weighted by atomic mass is 32.2. The van der Waals surface area contributed by atoms with Crippen LogP contribution in [0.25, 0.3) is 84.3 Å². The quantitative estimate of drug-likeness (QED) is 0.136. The van der Waals surface area contributed by atoms with Gasteiger partial charge >= 0.3 is 0 Å². The molecular weight excluding hydrogens is 719 g/mol. The number of rotatable bonds is 9. The lowest BCUT2D eigenvalue weighted by atomic mass is 10.0. The summed E-state index contributed by atoms with van der Waals surface area (Å²) in [7, 11) is 0. The summed E-state index contributed by atoms with van der Waals surface area (Å²) in [5, 5.41) is 0. The maximum absolute atomic E-state index is 7.92. The Morgan fingerprint density at radius 3 is 1.12 bits per heavy atom.